The van der Waals surface area contributed by atoms with Gasteiger partial charge in [-0.25, -0.2) is 0 Å². The summed E-state index contributed by atoms with van der Waals surface area (Å²) in [6.45, 7) is 5.44. The molecule has 0 spiro atoms. The molecule has 100 valence electrons. The lowest BCUT2D eigenvalue weighted by Crippen LogP contribution is -2.41. The van der Waals surface area contributed by atoms with Gasteiger partial charge < -0.3 is 4.90 Å². The molecule has 19 heavy (non-hydrogen) atoms. The Kier molecular flexibility index (Phi) is 3.90. The number of piperidine rings is 1. The fraction of sp³-hybridized carbons (Fsp3) is 0.500. The quantitative estimate of drug-likeness (QED) is 0.816. The van der Waals surface area contributed by atoms with Crippen molar-refractivity contribution in [2.45, 2.75) is 33.1 Å². The summed E-state index contributed by atoms with van der Waals surface area (Å²) in [5, 5.41) is 9.10. The molecule has 0 aromatic heterocycles. The standard InChI is InChI=1S/C16H20N2O/c1-3-13-4-6-14(7-5-13)15(19)18-10-8-16(2,12-17)9-11-18/h4-7H,3,8-11H2,1-2H3. The van der Waals surface area contributed by atoms with Crippen LogP contribution in [0.5, 0.6) is 0 Å². The maximum absolute atomic E-state index is 12.3. The van der Waals surface area contributed by atoms with Gasteiger partial charge >= 0.3 is 0 Å². The van der Waals surface area contributed by atoms with Crippen molar-refractivity contribution in [1.29, 1.82) is 5.26 Å². The van der Waals surface area contributed by atoms with E-state index in [1.165, 1.54) is 5.56 Å². The van der Waals surface area contributed by atoms with Crippen molar-refractivity contribution in [1.82, 2.24) is 4.90 Å². The molecule has 1 aromatic rings. The minimum absolute atomic E-state index is 0.0858. The van der Waals surface area contributed by atoms with E-state index in [-0.39, 0.29) is 11.3 Å². The number of nitriles is 1. The third-order valence-corrected chi connectivity index (χ3v) is 4.03. The molecule has 1 aromatic carbocycles. The molecule has 0 unspecified atom stereocenters. The molecule has 1 aliphatic heterocycles. The largest absolute Gasteiger partial charge is 0.339 e. The third-order valence-electron chi connectivity index (χ3n) is 4.03. The maximum atomic E-state index is 12.3. The number of likely N-dealkylation sites (tertiary alicyclic amines) is 1. The number of amides is 1. The molecule has 0 atom stereocenters. The average Bonchev–Trinajstić information content (AvgIpc) is 2.47. The van der Waals surface area contributed by atoms with Gasteiger partial charge in [-0.05, 0) is 43.9 Å². The Morgan fingerprint density at radius 1 is 1.32 bits per heavy atom. The highest BCUT2D eigenvalue weighted by Gasteiger charge is 2.31. The van der Waals surface area contributed by atoms with Gasteiger partial charge in [0.15, 0.2) is 0 Å². The van der Waals surface area contributed by atoms with E-state index < -0.39 is 0 Å². The summed E-state index contributed by atoms with van der Waals surface area (Å²) < 4.78 is 0. The lowest BCUT2D eigenvalue weighted by molar-refractivity contribution is 0.0661. The zero-order valence-electron chi connectivity index (χ0n) is 11.6. The second-order valence-electron chi connectivity index (χ2n) is 5.52. The second-order valence-corrected chi connectivity index (χ2v) is 5.52. The number of carbonyl (C=O) groups excluding carboxylic acids is 1. The van der Waals surface area contributed by atoms with Gasteiger partial charge in [-0.3, -0.25) is 4.79 Å². The molecule has 1 fully saturated rings. The first-order valence-electron chi connectivity index (χ1n) is 6.87. The first-order valence-corrected chi connectivity index (χ1v) is 6.87. The van der Waals surface area contributed by atoms with Crippen molar-refractivity contribution in [3.05, 3.63) is 35.4 Å². The molecule has 0 aliphatic carbocycles. The summed E-state index contributed by atoms with van der Waals surface area (Å²) in [7, 11) is 0. The van der Waals surface area contributed by atoms with Gasteiger partial charge in [-0.2, -0.15) is 5.26 Å². The topological polar surface area (TPSA) is 44.1 Å². The zero-order valence-corrected chi connectivity index (χ0v) is 11.6. The van der Waals surface area contributed by atoms with Crippen LogP contribution in [0.15, 0.2) is 24.3 Å². The molecular weight excluding hydrogens is 236 g/mol. The first-order chi connectivity index (χ1) is 9.08. The molecule has 1 aliphatic rings. The van der Waals surface area contributed by atoms with Gasteiger partial charge in [-0.15, -0.1) is 0 Å². The van der Waals surface area contributed by atoms with Crippen LogP contribution in [0.3, 0.4) is 0 Å². The van der Waals surface area contributed by atoms with E-state index in [1.807, 2.05) is 36.1 Å². The highest BCUT2D eigenvalue weighted by atomic mass is 16.2. The maximum Gasteiger partial charge on any atom is 0.253 e. The SMILES string of the molecule is CCc1ccc(C(=O)N2CCC(C)(C#N)CC2)cc1. The molecule has 0 N–H and O–H groups in total. The third kappa shape index (κ3) is 2.96. The summed E-state index contributed by atoms with van der Waals surface area (Å²) >= 11 is 0. The first kappa shape index (κ1) is 13.6. The summed E-state index contributed by atoms with van der Waals surface area (Å²) in [6.07, 6.45) is 2.52. The van der Waals surface area contributed by atoms with E-state index in [9.17, 15) is 4.79 Å². The number of hydrogen-bond acceptors (Lipinski definition) is 2. The Balaban J connectivity index is 2.03. The van der Waals surface area contributed by atoms with Gasteiger partial charge in [0.25, 0.3) is 5.91 Å². The number of benzene rings is 1. The molecule has 1 heterocycles. The molecule has 3 nitrogen and oxygen atoms in total. The van der Waals surface area contributed by atoms with Crippen molar-refractivity contribution < 1.29 is 4.79 Å². The van der Waals surface area contributed by atoms with Gasteiger partial charge in [0, 0.05) is 18.7 Å². The lowest BCUT2D eigenvalue weighted by atomic mass is 9.82. The van der Waals surface area contributed by atoms with Crippen LogP contribution in [0.4, 0.5) is 0 Å². The molecule has 1 saturated heterocycles. The smallest absolute Gasteiger partial charge is 0.253 e. The summed E-state index contributed by atoms with van der Waals surface area (Å²) in [5.41, 5.74) is 1.73. The van der Waals surface area contributed by atoms with Crippen LogP contribution in [-0.4, -0.2) is 23.9 Å². The number of hydrogen-bond donors (Lipinski definition) is 0. The van der Waals surface area contributed by atoms with E-state index >= 15 is 0 Å². The predicted octanol–water partition coefficient (Wildman–Crippen LogP) is 3.01. The van der Waals surface area contributed by atoms with Crippen LogP contribution in [0.1, 0.15) is 42.6 Å². The Labute approximate surface area is 114 Å². The van der Waals surface area contributed by atoms with Crippen LogP contribution in [0.2, 0.25) is 0 Å². The van der Waals surface area contributed by atoms with E-state index in [1.54, 1.807) is 0 Å². The van der Waals surface area contributed by atoms with Gasteiger partial charge in [0.05, 0.1) is 11.5 Å². The minimum Gasteiger partial charge on any atom is -0.339 e. The van der Waals surface area contributed by atoms with Crippen LogP contribution in [-0.2, 0) is 6.42 Å². The van der Waals surface area contributed by atoms with Crippen LogP contribution >= 0.6 is 0 Å². The van der Waals surface area contributed by atoms with Crippen molar-refractivity contribution in [2.75, 3.05) is 13.1 Å². The normalized spacial score (nSPS) is 17.8. The second kappa shape index (κ2) is 5.44. The summed E-state index contributed by atoms with van der Waals surface area (Å²) in [4.78, 5) is 14.2. The highest BCUT2D eigenvalue weighted by Crippen LogP contribution is 2.30. The fourth-order valence-corrected chi connectivity index (χ4v) is 2.38. The zero-order chi connectivity index (χ0) is 13.9. The highest BCUT2D eigenvalue weighted by molar-refractivity contribution is 5.94. The van der Waals surface area contributed by atoms with E-state index in [0.29, 0.717) is 13.1 Å². The van der Waals surface area contributed by atoms with E-state index in [4.69, 9.17) is 5.26 Å². The Morgan fingerprint density at radius 3 is 2.37 bits per heavy atom. The lowest BCUT2D eigenvalue weighted by Gasteiger charge is -2.35. The molecular formula is C16H20N2O. The van der Waals surface area contributed by atoms with Crippen molar-refractivity contribution in [3.8, 4) is 6.07 Å². The fourth-order valence-electron chi connectivity index (χ4n) is 2.38. The monoisotopic (exact) mass is 256 g/mol. The molecule has 1 amide bonds. The van der Waals surface area contributed by atoms with Crippen molar-refractivity contribution in [2.24, 2.45) is 5.41 Å². The summed E-state index contributed by atoms with van der Waals surface area (Å²) in [6, 6.07) is 10.2. The molecule has 2 rings (SSSR count). The van der Waals surface area contributed by atoms with E-state index in [0.717, 1.165) is 24.8 Å². The molecule has 0 bridgehead atoms. The number of rotatable bonds is 2. The Hall–Kier alpha value is -1.82. The molecule has 0 radical (unpaired) electrons. The van der Waals surface area contributed by atoms with Crippen molar-refractivity contribution >= 4 is 5.91 Å². The number of nitrogens with zero attached hydrogens (tertiary/aromatic N) is 2. The minimum atomic E-state index is -0.261. The van der Waals surface area contributed by atoms with Crippen molar-refractivity contribution in [3.63, 3.8) is 0 Å². The van der Waals surface area contributed by atoms with Crippen LogP contribution in [0.25, 0.3) is 0 Å². The van der Waals surface area contributed by atoms with Crippen LogP contribution < -0.4 is 0 Å². The predicted molar refractivity (Wildman–Crippen MR) is 74.7 cm³/mol. The van der Waals surface area contributed by atoms with Gasteiger partial charge in [0.2, 0.25) is 0 Å². The summed E-state index contributed by atoms with van der Waals surface area (Å²) in [5.74, 6) is 0.0858. The number of carbonyl (C=O) groups is 1. The van der Waals surface area contributed by atoms with Gasteiger partial charge in [0.1, 0.15) is 0 Å². The average molecular weight is 256 g/mol. The molecule has 3 heteroatoms. The Bertz CT molecular complexity index is 490. The van der Waals surface area contributed by atoms with E-state index in [2.05, 4.69) is 13.0 Å². The molecule has 0 saturated carbocycles. The number of aryl methyl sites for hydroxylation is 1. The van der Waals surface area contributed by atoms with Crippen LogP contribution in [0, 0.1) is 16.7 Å². The Morgan fingerprint density at radius 2 is 1.89 bits per heavy atom. The van der Waals surface area contributed by atoms with Gasteiger partial charge in [-0.1, -0.05) is 19.1 Å².